The smallest absolute Gasteiger partial charge is 0.154 e. The number of hydrogen-bond donors (Lipinski definition) is 1. The van der Waals surface area contributed by atoms with Crippen molar-refractivity contribution < 1.29 is 8.42 Å². The highest BCUT2D eigenvalue weighted by Gasteiger charge is 2.15. The van der Waals surface area contributed by atoms with Crippen LogP contribution in [0.15, 0.2) is 6.20 Å². The van der Waals surface area contributed by atoms with Gasteiger partial charge in [-0.2, -0.15) is 5.10 Å². The molecule has 1 aromatic rings. The van der Waals surface area contributed by atoms with Gasteiger partial charge in [0.1, 0.15) is 5.82 Å². The molecule has 15 heavy (non-hydrogen) atoms. The van der Waals surface area contributed by atoms with Crippen molar-refractivity contribution >= 4 is 15.7 Å². The Labute approximate surface area is 90.2 Å². The van der Waals surface area contributed by atoms with Crippen LogP contribution in [0.4, 0.5) is 5.82 Å². The molecule has 1 rings (SSSR count). The molecule has 0 atom stereocenters. The number of nitrogens with two attached hydrogens (primary N) is 1. The fourth-order valence-corrected chi connectivity index (χ4v) is 2.17. The van der Waals surface area contributed by atoms with Gasteiger partial charge in [-0.1, -0.05) is 6.92 Å². The molecule has 5 nitrogen and oxygen atoms in total. The second-order valence-corrected chi connectivity index (χ2v) is 6.12. The second-order valence-electron chi connectivity index (χ2n) is 3.77. The lowest BCUT2D eigenvalue weighted by molar-refractivity contribution is 0.540. The van der Waals surface area contributed by atoms with Gasteiger partial charge in [0.2, 0.25) is 0 Å². The first-order valence-electron chi connectivity index (χ1n) is 4.89. The summed E-state index contributed by atoms with van der Waals surface area (Å²) in [6.07, 6.45) is 1.53. The topological polar surface area (TPSA) is 78.0 Å². The third kappa shape index (κ3) is 2.71. The average molecular weight is 231 g/mol. The van der Waals surface area contributed by atoms with Gasteiger partial charge in [-0.3, -0.25) is 0 Å². The first-order chi connectivity index (χ1) is 6.87. The van der Waals surface area contributed by atoms with Crippen molar-refractivity contribution in [3.8, 4) is 0 Å². The van der Waals surface area contributed by atoms with E-state index in [-0.39, 0.29) is 17.5 Å². The summed E-state index contributed by atoms with van der Waals surface area (Å²) in [5.41, 5.74) is 6.39. The Morgan fingerprint density at radius 1 is 1.53 bits per heavy atom. The number of aromatic nitrogens is 2. The number of hydrogen-bond acceptors (Lipinski definition) is 4. The van der Waals surface area contributed by atoms with Gasteiger partial charge in [0, 0.05) is 17.4 Å². The molecule has 1 aromatic heterocycles. The van der Waals surface area contributed by atoms with Gasteiger partial charge in [-0.05, 0) is 13.8 Å². The highest BCUT2D eigenvalue weighted by Crippen LogP contribution is 2.18. The SMILES string of the molecule is CCS(=O)(=O)Cc1cnn(C(C)C)c1N. The molecule has 0 spiro atoms. The molecule has 0 aliphatic heterocycles. The summed E-state index contributed by atoms with van der Waals surface area (Å²) in [5.74, 6) is 0.545. The standard InChI is InChI=1S/C9H17N3O2S/c1-4-15(13,14)6-8-5-11-12(7(2)3)9(8)10/h5,7H,4,6,10H2,1-3H3. The summed E-state index contributed by atoms with van der Waals surface area (Å²) in [6, 6.07) is 0.142. The highest BCUT2D eigenvalue weighted by atomic mass is 32.2. The lowest BCUT2D eigenvalue weighted by Gasteiger charge is -2.08. The van der Waals surface area contributed by atoms with E-state index >= 15 is 0 Å². The van der Waals surface area contributed by atoms with E-state index in [1.165, 1.54) is 6.20 Å². The van der Waals surface area contributed by atoms with Crippen molar-refractivity contribution in [2.45, 2.75) is 32.6 Å². The minimum atomic E-state index is -3.04. The number of anilines is 1. The van der Waals surface area contributed by atoms with E-state index in [1.807, 2.05) is 13.8 Å². The molecule has 2 N–H and O–H groups in total. The number of nitrogens with zero attached hydrogens (tertiary/aromatic N) is 2. The van der Waals surface area contributed by atoms with Gasteiger partial charge in [0.15, 0.2) is 9.84 Å². The molecule has 0 saturated heterocycles. The summed E-state index contributed by atoms with van der Waals surface area (Å²) in [4.78, 5) is 0. The molecule has 0 aliphatic rings. The van der Waals surface area contributed by atoms with E-state index in [4.69, 9.17) is 5.73 Å². The minimum Gasteiger partial charge on any atom is -0.384 e. The van der Waals surface area contributed by atoms with E-state index in [2.05, 4.69) is 5.10 Å². The van der Waals surface area contributed by atoms with Crippen LogP contribution in [0.1, 0.15) is 32.4 Å². The number of nitrogen functional groups attached to an aromatic ring is 1. The summed E-state index contributed by atoms with van der Waals surface area (Å²) in [6.45, 7) is 5.52. The predicted octanol–water partition coefficient (Wildman–Crippen LogP) is 0.981. The molecule has 0 amide bonds. The van der Waals surface area contributed by atoms with Gasteiger partial charge in [0.25, 0.3) is 0 Å². The summed E-state index contributed by atoms with van der Waals surface area (Å²) in [7, 11) is -3.04. The molecule has 0 aliphatic carbocycles. The Morgan fingerprint density at radius 3 is 2.53 bits per heavy atom. The highest BCUT2D eigenvalue weighted by molar-refractivity contribution is 7.90. The second kappa shape index (κ2) is 4.22. The fourth-order valence-electron chi connectivity index (χ4n) is 1.27. The molecular weight excluding hydrogens is 214 g/mol. The number of sulfone groups is 1. The minimum absolute atomic E-state index is 0.0257. The van der Waals surface area contributed by atoms with Crippen molar-refractivity contribution in [1.29, 1.82) is 0 Å². The van der Waals surface area contributed by atoms with E-state index < -0.39 is 9.84 Å². The Hall–Kier alpha value is -1.04. The zero-order valence-electron chi connectivity index (χ0n) is 9.27. The van der Waals surface area contributed by atoms with Crippen LogP contribution in [0, 0.1) is 0 Å². The van der Waals surface area contributed by atoms with Gasteiger partial charge in [0.05, 0.1) is 11.9 Å². The third-order valence-corrected chi connectivity index (χ3v) is 3.85. The molecule has 0 radical (unpaired) electrons. The fraction of sp³-hybridized carbons (Fsp3) is 0.667. The predicted molar refractivity (Wildman–Crippen MR) is 60.2 cm³/mol. The Bertz CT molecular complexity index is 434. The maximum atomic E-state index is 11.4. The van der Waals surface area contributed by atoms with Gasteiger partial charge >= 0.3 is 0 Å². The zero-order chi connectivity index (χ0) is 11.6. The first kappa shape index (κ1) is 12.0. The van der Waals surface area contributed by atoms with Crippen molar-refractivity contribution in [1.82, 2.24) is 9.78 Å². The lowest BCUT2D eigenvalue weighted by atomic mass is 10.3. The molecule has 0 saturated carbocycles. The Kier molecular flexibility index (Phi) is 3.38. The van der Waals surface area contributed by atoms with E-state index in [0.717, 1.165) is 0 Å². The zero-order valence-corrected chi connectivity index (χ0v) is 10.1. The normalized spacial score (nSPS) is 12.3. The van der Waals surface area contributed by atoms with Crippen LogP contribution in [-0.2, 0) is 15.6 Å². The number of rotatable bonds is 4. The molecule has 0 unspecified atom stereocenters. The van der Waals surface area contributed by atoms with Crippen molar-refractivity contribution in [3.63, 3.8) is 0 Å². The van der Waals surface area contributed by atoms with Crippen LogP contribution in [0.2, 0.25) is 0 Å². The quantitative estimate of drug-likeness (QED) is 0.838. The van der Waals surface area contributed by atoms with Crippen molar-refractivity contribution in [2.24, 2.45) is 0 Å². The van der Waals surface area contributed by atoms with Crippen LogP contribution >= 0.6 is 0 Å². The van der Waals surface area contributed by atoms with Gasteiger partial charge < -0.3 is 5.73 Å². The average Bonchev–Trinajstić information content (AvgIpc) is 2.48. The van der Waals surface area contributed by atoms with Crippen LogP contribution in [0.3, 0.4) is 0 Å². The van der Waals surface area contributed by atoms with Crippen LogP contribution in [0.5, 0.6) is 0 Å². The van der Waals surface area contributed by atoms with Crippen LogP contribution < -0.4 is 5.73 Å². The maximum Gasteiger partial charge on any atom is 0.154 e. The molecule has 0 aromatic carbocycles. The monoisotopic (exact) mass is 231 g/mol. The Morgan fingerprint density at radius 2 is 2.13 bits per heavy atom. The van der Waals surface area contributed by atoms with Gasteiger partial charge in [-0.25, -0.2) is 13.1 Å². The summed E-state index contributed by atoms with van der Waals surface area (Å²) in [5, 5.41) is 4.06. The van der Waals surface area contributed by atoms with Gasteiger partial charge in [-0.15, -0.1) is 0 Å². The molecule has 1 heterocycles. The molecule has 0 bridgehead atoms. The lowest BCUT2D eigenvalue weighted by Crippen LogP contribution is -2.10. The largest absolute Gasteiger partial charge is 0.384 e. The van der Waals surface area contributed by atoms with E-state index in [1.54, 1.807) is 11.6 Å². The maximum absolute atomic E-state index is 11.4. The third-order valence-electron chi connectivity index (χ3n) is 2.22. The van der Waals surface area contributed by atoms with Crippen molar-refractivity contribution in [3.05, 3.63) is 11.8 Å². The van der Waals surface area contributed by atoms with Crippen LogP contribution in [0.25, 0.3) is 0 Å². The molecular formula is C9H17N3O2S. The summed E-state index contributed by atoms with van der Waals surface area (Å²) >= 11 is 0. The molecule has 6 heteroatoms. The van der Waals surface area contributed by atoms with E-state index in [0.29, 0.717) is 11.4 Å². The van der Waals surface area contributed by atoms with E-state index in [9.17, 15) is 8.42 Å². The first-order valence-corrected chi connectivity index (χ1v) is 6.71. The van der Waals surface area contributed by atoms with Crippen LogP contribution in [-0.4, -0.2) is 24.0 Å². The molecule has 86 valence electrons. The Balaban J connectivity index is 2.98. The summed E-state index contributed by atoms with van der Waals surface area (Å²) < 4.78 is 24.4. The molecule has 0 fully saturated rings. The van der Waals surface area contributed by atoms with Crippen molar-refractivity contribution in [2.75, 3.05) is 11.5 Å².